The molecule has 0 amide bonds. The number of methoxy groups -OCH3 is 2. The Morgan fingerprint density at radius 2 is 1.32 bits per heavy atom. The van der Waals surface area contributed by atoms with Crippen molar-refractivity contribution in [2.24, 2.45) is 5.16 Å². The number of carbonyl (C=O) groups excluding carboxylic acids is 1. The first-order chi connectivity index (χ1) is 10.7. The fourth-order valence-electron chi connectivity index (χ4n) is 2.10. The Morgan fingerprint density at radius 3 is 1.86 bits per heavy atom. The van der Waals surface area contributed by atoms with E-state index in [-0.39, 0.29) is 11.5 Å². The highest BCUT2D eigenvalue weighted by atomic mass is 16.6. The van der Waals surface area contributed by atoms with Gasteiger partial charge in [-0.1, -0.05) is 29.4 Å². The molecule has 0 heterocycles. The average Bonchev–Trinajstić information content (AvgIpc) is 2.59. The van der Waals surface area contributed by atoms with Gasteiger partial charge < -0.3 is 14.3 Å². The molecule has 0 bridgehead atoms. The molecule has 0 aliphatic carbocycles. The van der Waals surface area contributed by atoms with Gasteiger partial charge in [0.15, 0.2) is 5.71 Å². The number of carbonyl (C=O) groups is 1. The van der Waals surface area contributed by atoms with Gasteiger partial charge in [0.1, 0.15) is 18.6 Å². The van der Waals surface area contributed by atoms with Crippen LogP contribution in [-0.4, -0.2) is 32.8 Å². The van der Waals surface area contributed by atoms with Crippen molar-refractivity contribution in [2.45, 2.75) is 0 Å². The molecule has 5 nitrogen and oxygen atoms in total. The lowest BCUT2D eigenvalue weighted by Crippen LogP contribution is -2.18. The van der Waals surface area contributed by atoms with E-state index in [1.165, 1.54) is 21.3 Å². The van der Waals surface area contributed by atoms with Gasteiger partial charge in [0, 0.05) is 5.56 Å². The largest absolute Gasteiger partial charge is 0.496 e. The third-order valence-electron chi connectivity index (χ3n) is 3.11. The van der Waals surface area contributed by atoms with Crippen molar-refractivity contribution in [3.63, 3.8) is 0 Å². The highest BCUT2D eigenvalue weighted by Gasteiger charge is 2.23. The van der Waals surface area contributed by atoms with Crippen LogP contribution in [0.4, 0.5) is 0 Å². The number of nitrogens with zero attached hydrogens (tertiary/aromatic N) is 1. The molecule has 114 valence electrons. The molecule has 0 aromatic heterocycles. The first kappa shape index (κ1) is 15.6. The smallest absolute Gasteiger partial charge is 0.219 e. The van der Waals surface area contributed by atoms with E-state index in [9.17, 15) is 4.79 Å². The van der Waals surface area contributed by atoms with E-state index in [4.69, 9.17) is 14.3 Å². The second kappa shape index (κ2) is 7.26. The fraction of sp³-hybridized carbons (Fsp3) is 0.176. The molecule has 0 saturated heterocycles. The number of para-hydroxylation sites is 2. The Labute approximate surface area is 129 Å². The van der Waals surface area contributed by atoms with Crippen LogP contribution in [0, 0.1) is 0 Å². The number of Topliss-reactive ketones (excluding diaryl/α,β-unsaturated/α-hetero) is 1. The lowest BCUT2D eigenvalue weighted by atomic mass is 9.99. The van der Waals surface area contributed by atoms with Gasteiger partial charge in [-0.15, -0.1) is 0 Å². The van der Waals surface area contributed by atoms with Crippen LogP contribution in [0.3, 0.4) is 0 Å². The lowest BCUT2D eigenvalue weighted by molar-refractivity contribution is 0.105. The SMILES string of the molecule is CON=C(C(=O)c1ccccc1OC)c1ccccc1OC. The predicted octanol–water partition coefficient (Wildman–Crippen LogP) is 2.94. The first-order valence-corrected chi connectivity index (χ1v) is 6.65. The summed E-state index contributed by atoms with van der Waals surface area (Å²) in [6, 6.07) is 14.1. The van der Waals surface area contributed by atoms with E-state index >= 15 is 0 Å². The highest BCUT2D eigenvalue weighted by Crippen LogP contribution is 2.24. The van der Waals surface area contributed by atoms with Crippen LogP contribution >= 0.6 is 0 Å². The molecule has 22 heavy (non-hydrogen) atoms. The number of hydrogen-bond acceptors (Lipinski definition) is 5. The maximum Gasteiger partial charge on any atom is 0.219 e. The molecule has 0 N–H and O–H groups in total. The van der Waals surface area contributed by atoms with Gasteiger partial charge in [0.25, 0.3) is 0 Å². The summed E-state index contributed by atoms with van der Waals surface area (Å²) in [7, 11) is 4.45. The predicted molar refractivity (Wildman–Crippen MR) is 83.9 cm³/mol. The monoisotopic (exact) mass is 299 g/mol. The third kappa shape index (κ3) is 3.09. The van der Waals surface area contributed by atoms with Crippen LogP contribution in [0.25, 0.3) is 0 Å². The molecule has 0 spiro atoms. The van der Waals surface area contributed by atoms with Crippen LogP contribution in [0.5, 0.6) is 11.5 Å². The Kier molecular flexibility index (Phi) is 5.14. The first-order valence-electron chi connectivity index (χ1n) is 6.65. The molecule has 0 saturated carbocycles. The zero-order valence-electron chi connectivity index (χ0n) is 12.7. The number of ketones is 1. The summed E-state index contributed by atoms with van der Waals surface area (Å²) < 4.78 is 10.5. The van der Waals surface area contributed by atoms with Crippen molar-refractivity contribution in [3.05, 3.63) is 59.7 Å². The van der Waals surface area contributed by atoms with Crippen LogP contribution in [0.15, 0.2) is 53.7 Å². The van der Waals surface area contributed by atoms with Crippen LogP contribution in [0.1, 0.15) is 15.9 Å². The van der Waals surface area contributed by atoms with Crippen LogP contribution < -0.4 is 9.47 Å². The molecule has 0 fully saturated rings. The fourth-order valence-corrected chi connectivity index (χ4v) is 2.10. The van der Waals surface area contributed by atoms with Crippen molar-refractivity contribution in [3.8, 4) is 11.5 Å². The molecule has 2 aromatic rings. The zero-order valence-corrected chi connectivity index (χ0v) is 12.7. The summed E-state index contributed by atoms with van der Waals surface area (Å²) in [4.78, 5) is 17.7. The van der Waals surface area contributed by atoms with Crippen LogP contribution in [-0.2, 0) is 4.84 Å². The van der Waals surface area contributed by atoms with Crippen molar-refractivity contribution in [1.82, 2.24) is 0 Å². The molecule has 0 unspecified atom stereocenters. The van der Waals surface area contributed by atoms with Gasteiger partial charge in [0.05, 0.1) is 19.8 Å². The van der Waals surface area contributed by atoms with Crippen LogP contribution in [0.2, 0.25) is 0 Å². The van der Waals surface area contributed by atoms with Crippen molar-refractivity contribution >= 4 is 11.5 Å². The minimum Gasteiger partial charge on any atom is -0.496 e. The van der Waals surface area contributed by atoms with Gasteiger partial charge >= 0.3 is 0 Å². The van der Waals surface area contributed by atoms with Crippen molar-refractivity contribution < 1.29 is 19.1 Å². The maximum atomic E-state index is 12.8. The van der Waals surface area contributed by atoms with Gasteiger partial charge in [-0.3, -0.25) is 4.79 Å². The Hall–Kier alpha value is -2.82. The second-order valence-electron chi connectivity index (χ2n) is 4.35. The maximum absolute atomic E-state index is 12.8. The van der Waals surface area contributed by atoms with Gasteiger partial charge in [-0.05, 0) is 24.3 Å². The Balaban J connectivity index is 2.53. The molecule has 0 atom stereocenters. The Morgan fingerprint density at radius 1 is 0.818 bits per heavy atom. The number of ether oxygens (including phenoxy) is 2. The van der Waals surface area contributed by atoms with Crippen molar-refractivity contribution in [2.75, 3.05) is 21.3 Å². The van der Waals surface area contributed by atoms with E-state index < -0.39 is 0 Å². The standard InChI is InChI=1S/C17H17NO4/c1-20-14-10-6-4-8-12(14)16(18-22-3)17(19)13-9-5-7-11-15(13)21-2/h4-11H,1-3H3. The summed E-state index contributed by atoms with van der Waals surface area (Å²) in [5.41, 5.74) is 1.12. The summed E-state index contributed by atoms with van der Waals surface area (Å²) in [5, 5.41) is 3.89. The summed E-state index contributed by atoms with van der Waals surface area (Å²) in [6.45, 7) is 0. The van der Waals surface area contributed by atoms with Gasteiger partial charge in [-0.25, -0.2) is 0 Å². The van der Waals surface area contributed by atoms with Gasteiger partial charge in [-0.2, -0.15) is 0 Å². The topological polar surface area (TPSA) is 57.1 Å². The molecular formula is C17H17NO4. The van der Waals surface area contributed by atoms with E-state index in [1.54, 1.807) is 42.5 Å². The molecule has 2 aromatic carbocycles. The average molecular weight is 299 g/mol. The highest BCUT2D eigenvalue weighted by molar-refractivity contribution is 6.52. The normalized spacial score (nSPS) is 11.0. The second-order valence-corrected chi connectivity index (χ2v) is 4.35. The minimum atomic E-state index is -0.302. The number of oxime groups is 1. The summed E-state index contributed by atoms with van der Waals surface area (Å²) in [6.07, 6.45) is 0. The molecule has 0 radical (unpaired) electrons. The molecule has 0 aliphatic rings. The number of hydrogen-bond donors (Lipinski definition) is 0. The number of benzene rings is 2. The van der Waals surface area contributed by atoms with E-state index in [0.29, 0.717) is 22.6 Å². The van der Waals surface area contributed by atoms with E-state index in [0.717, 1.165) is 0 Å². The molecule has 5 heteroatoms. The molecule has 0 aliphatic heterocycles. The molecular weight excluding hydrogens is 282 g/mol. The van der Waals surface area contributed by atoms with E-state index in [1.807, 2.05) is 6.07 Å². The number of rotatable bonds is 6. The quantitative estimate of drug-likeness (QED) is 0.467. The summed E-state index contributed by atoms with van der Waals surface area (Å²) >= 11 is 0. The third-order valence-corrected chi connectivity index (χ3v) is 3.11. The van der Waals surface area contributed by atoms with Crippen molar-refractivity contribution in [1.29, 1.82) is 0 Å². The molecule has 2 rings (SSSR count). The Bertz CT molecular complexity index is 695. The lowest BCUT2D eigenvalue weighted by Gasteiger charge is -2.11. The minimum absolute atomic E-state index is 0.157. The van der Waals surface area contributed by atoms with E-state index in [2.05, 4.69) is 5.16 Å². The van der Waals surface area contributed by atoms with Gasteiger partial charge in [0.2, 0.25) is 5.78 Å². The summed E-state index contributed by atoms with van der Waals surface area (Å²) in [5.74, 6) is 0.719. The zero-order chi connectivity index (χ0) is 15.9.